The van der Waals surface area contributed by atoms with Crippen LogP contribution in [0.15, 0.2) is 97.1 Å². The molecule has 0 amide bonds. The van der Waals surface area contributed by atoms with Crippen molar-refractivity contribution in [3.05, 3.63) is 143 Å². The summed E-state index contributed by atoms with van der Waals surface area (Å²) in [6.45, 7) is 2.13. The Hall–Kier alpha value is 0.192. The zero-order valence-electron chi connectivity index (χ0n) is 17.1. The molecule has 0 aliphatic heterocycles. The summed E-state index contributed by atoms with van der Waals surface area (Å²) < 4.78 is 0. The van der Waals surface area contributed by atoms with E-state index >= 15 is 0 Å². The van der Waals surface area contributed by atoms with E-state index in [1.165, 1.54) is 27.8 Å². The van der Waals surface area contributed by atoms with Gasteiger partial charge in [0.2, 0.25) is 0 Å². The Kier molecular flexibility index (Phi) is 13.5. The first-order chi connectivity index (χ1) is 13.3. The molecule has 4 rings (SSSR count). The summed E-state index contributed by atoms with van der Waals surface area (Å²) in [5, 5.41) is 0. The normalized spacial score (nSPS) is 10.9. The first kappa shape index (κ1) is 28.2. The van der Waals surface area contributed by atoms with E-state index < -0.39 is 0 Å². The third kappa shape index (κ3) is 7.10. The van der Waals surface area contributed by atoms with Gasteiger partial charge in [-0.25, -0.2) is 0 Å². The number of benzene rings is 4. The van der Waals surface area contributed by atoms with Gasteiger partial charge in [-0.1, -0.05) is 29.8 Å². The minimum absolute atomic E-state index is 0. The quantitative estimate of drug-likeness (QED) is 0.231. The molecule has 0 N–H and O–H groups in total. The van der Waals surface area contributed by atoms with Crippen LogP contribution in [0.4, 0.5) is 0 Å². The van der Waals surface area contributed by atoms with E-state index in [9.17, 15) is 0 Å². The van der Waals surface area contributed by atoms with Crippen LogP contribution in [0.25, 0.3) is 0 Å². The molecule has 0 aliphatic carbocycles. The number of hydrogen-bond acceptors (Lipinski definition) is 0. The van der Waals surface area contributed by atoms with E-state index in [4.69, 9.17) is 0 Å². The Morgan fingerprint density at radius 2 is 0.700 bits per heavy atom. The van der Waals surface area contributed by atoms with Crippen LogP contribution in [-0.2, 0) is 98.1 Å². The topological polar surface area (TPSA) is 0 Å². The monoisotopic (exact) mass is 612 g/mol. The van der Waals surface area contributed by atoms with Crippen LogP contribution < -0.4 is 0 Å². The summed E-state index contributed by atoms with van der Waals surface area (Å²) >= 11 is 0. The minimum atomic E-state index is 0. The molecule has 0 saturated carbocycles. The average Bonchev–Trinajstić information content (AvgIpc) is 2.75. The largest absolute Gasteiger partial charge is 0.184 e. The van der Waals surface area contributed by atoms with Crippen LogP contribution in [0.5, 0.6) is 0 Å². The van der Waals surface area contributed by atoms with E-state index in [1.54, 1.807) is 0 Å². The van der Waals surface area contributed by atoms with Gasteiger partial charge >= 0.3 is 0 Å². The second-order valence-electron chi connectivity index (χ2n) is 6.87. The van der Waals surface area contributed by atoms with Crippen molar-refractivity contribution in [3.8, 4) is 0 Å². The zero-order chi connectivity index (χ0) is 18.5. The molecule has 0 fully saturated rings. The molecule has 0 aliphatic rings. The maximum atomic E-state index is 3.16. The fourth-order valence-electron chi connectivity index (χ4n) is 3.75. The molecular weight excluding hydrogens is 591 g/mol. The van der Waals surface area contributed by atoms with Crippen molar-refractivity contribution in [1.29, 1.82) is 0 Å². The van der Waals surface area contributed by atoms with E-state index in [1.807, 2.05) is 36.4 Å². The van der Waals surface area contributed by atoms with Crippen LogP contribution in [0.1, 0.15) is 39.7 Å². The van der Waals surface area contributed by atoms with Crippen molar-refractivity contribution in [2.75, 3.05) is 0 Å². The molecule has 3 radical (unpaired) electrons. The van der Waals surface area contributed by atoms with Crippen molar-refractivity contribution in [2.45, 2.75) is 18.8 Å². The molecule has 0 spiro atoms. The van der Waals surface area contributed by atoms with Gasteiger partial charge in [0, 0.05) is 98.1 Å². The third-order valence-electron chi connectivity index (χ3n) is 5.08. The van der Waals surface area contributed by atoms with Crippen molar-refractivity contribution < 1.29 is 98.1 Å². The van der Waals surface area contributed by atoms with Crippen molar-refractivity contribution in [1.82, 2.24) is 0 Å². The third-order valence-corrected chi connectivity index (χ3v) is 5.08. The van der Waals surface area contributed by atoms with E-state index in [0.29, 0.717) is 0 Å². The average molecular weight is 612 g/mol. The fourth-order valence-corrected chi connectivity index (χ4v) is 3.75. The standard InChI is InChI=1S/C27H21.3Y/c1-21-17-19-25(20-18-21)27(24-15-9-4-10-16-24)26(22-11-5-2-6-12-22)23-13-7-3-8-14-23;;;/h5-20,26-27H,1H3;;;/q-3;;;. The van der Waals surface area contributed by atoms with E-state index in [-0.39, 0.29) is 110 Å². The van der Waals surface area contributed by atoms with Gasteiger partial charge in [-0.15, -0.1) is 5.56 Å². The summed E-state index contributed by atoms with van der Waals surface area (Å²) in [6.07, 6.45) is 0. The van der Waals surface area contributed by atoms with Crippen molar-refractivity contribution >= 4 is 0 Å². The van der Waals surface area contributed by atoms with Crippen molar-refractivity contribution in [2.24, 2.45) is 0 Å². The second-order valence-corrected chi connectivity index (χ2v) is 6.87. The van der Waals surface area contributed by atoms with Gasteiger partial charge < -0.3 is 0 Å². The Morgan fingerprint density at radius 3 is 1.00 bits per heavy atom. The number of aryl methyl sites for hydroxylation is 1. The van der Waals surface area contributed by atoms with Gasteiger partial charge in [0.15, 0.2) is 0 Å². The molecule has 4 aromatic carbocycles. The summed E-state index contributed by atoms with van der Waals surface area (Å²) in [5.74, 6) is 0.421. The summed E-state index contributed by atoms with van der Waals surface area (Å²) in [5.41, 5.74) is 6.47. The SMILES string of the molecule is Cc1ccc(C(c2cc[c-]cc2)C(c2cc[c-]cc2)c2cc[c-]cc2)cc1.[Y].[Y].[Y]. The molecule has 1 unspecified atom stereocenters. The Bertz CT molecular complexity index is 929. The summed E-state index contributed by atoms with van der Waals surface area (Å²) in [4.78, 5) is 0. The van der Waals surface area contributed by atoms with Gasteiger partial charge in [0.25, 0.3) is 0 Å². The van der Waals surface area contributed by atoms with Crippen LogP contribution in [0.2, 0.25) is 0 Å². The van der Waals surface area contributed by atoms with E-state index in [0.717, 1.165) is 0 Å². The number of rotatable bonds is 5. The Balaban J connectivity index is 0.00000150. The van der Waals surface area contributed by atoms with E-state index in [2.05, 4.69) is 85.8 Å². The Labute approximate surface area is 256 Å². The molecule has 3 heteroatoms. The van der Waals surface area contributed by atoms with Crippen LogP contribution in [-0.4, -0.2) is 0 Å². The molecule has 4 aromatic rings. The summed E-state index contributed by atoms with van der Waals surface area (Å²) in [7, 11) is 0. The molecule has 1 atom stereocenters. The molecule has 0 aromatic heterocycles. The molecular formula is C27H21Y3-3. The molecule has 0 saturated heterocycles. The molecule has 141 valence electrons. The first-order valence-electron chi connectivity index (χ1n) is 9.27. The van der Waals surface area contributed by atoms with Crippen LogP contribution in [0, 0.1) is 25.1 Å². The smallest absolute Gasteiger partial charge is 0 e. The molecule has 30 heavy (non-hydrogen) atoms. The van der Waals surface area contributed by atoms with Gasteiger partial charge in [0.1, 0.15) is 0 Å². The number of hydrogen-bond donors (Lipinski definition) is 0. The predicted molar refractivity (Wildman–Crippen MR) is 111 cm³/mol. The molecule has 0 nitrogen and oxygen atoms in total. The molecule has 0 heterocycles. The zero-order valence-corrected chi connectivity index (χ0v) is 25.6. The van der Waals surface area contributed by atoms with Gasteiger partial charge in [0.05, 0.1) is 0 Å². The summed E-state index contributed by atoms with van der Waals surface area (Å²) in [6, 6.07) is 43.5. The second kappa shape index (κ2) is 14.4. The fraction of sp³-hybridized carbons (Fsp3) is 0.111. The van der Waals surface area contributed by atoms with Gasteiger partial charge in [-0.2, -0.15) is 102 Å². The maximum absolute atomic E-state index is 3.16. The van der Waals surface area contributed by atoms with Gasteiger partial charge in [-0.3, -0.25) is 0 Å². The first-order valence-corrected chi connectivity index (χ1v) is 9.27. The van der Waals surface area contributed by atoms with Crippen LogP contribution >= 0.6 is 0 Å². The Morgan fingerprint density at radius 1 is 0.433 bits per heavy atom. The van der Waals surface area contributed by atoms with Crippen molar-refractivity contribution in [3.63, 3.8) is 0 Å². The van der Waals surface area contributed by atoms with Crippen LogP contribution in [0.3, 0.4) is 0 Å². The van der Waals surface area contributed by atoms with Gasteiger partial charge in [-0.05, 0) is 24.3 Å². The minimum Gasteiger partial charge on any atom is -0.184 e. The molecule has 0 bridgehead atoms. The predicted octanol–water partition coefficient (Wildman–Crippen LogP) is 6.35. The maximum Gasteiger partial charge on any atom is 0 e.